The number of aryl methyl sites for hydroxylation is 1. The molecule has 1 aromatic carbocycles. The van der Waals surface area contributed by atoms with E-state index in [-0.39, 0.29) is 5.91 Å². The van der Waals surface area contributed by atoms with Crippen molar-refractivity contribution in [2.45, 2.75) is 26.3 Å². The largest absolute Gasteiger partial charge is 0.354 e. The third-order valence-corrected chi connectivity index (χ3v) is 4.79. The summed E-state index contributed by atoms with van der Waals surface area (Å²) in [4.78, 5) is 18.5. The van der Waals surface area contributed by atoms with Gasteiger partial charge in [0.15, 0.2) is 5.96 Å². The van der Waals surface area contributed by atoms with E-state index in [1.165, 1.54) is 5.56 Å². The number of aromatic nitrogens is 2. The normalized spacial score (nSPS) is 11.6. The minimum atomic E-state index is -0.0884. The van der Waals surface area contributed by atoms with Gasteiger partial charge in [-0.2, -0.15) is 5.10 Å². The molecular weight excluding hydrogens is 420 g/mol. The molecule has 0 aliphatic rings. The van der Waals surface area contributed by atoms with Crippen LogP contribution in [0.2, 0.25) is 0 Å². The van der Waals surface area contributed by atoms with Crippen LogP contribution in [0.25, 0.3) is 0 Å². The highest BCUT2D eigenvalue weighted by molar-refractivity contribution is 9.10. The fourth-order valence-corrected chi connectivity index (χ4v) is 3.20. The Labute approximate surface area is 175 Å². The first-order valence-electron chi connectivity index (χ1n) is 9.29. The second-order valence-electron chi connectivity index (χ2n) is 6.96. The summed E-state index contributed by atoms with van der Waals surface area (Å²) in [6, 6.07) is 7.29. The Morgan fingerprint density at radius 1 is 1.25 bits per heavy atom. The Bertz CT molecular complexity index is 813. The predicted molar refractivity (Wildman–Crippen MR) is 117 cm³/mol. The Balaban J connectivity index is 1.83. The summed E-state index contributed by atoms with van der Waals surface area (Å²) >= 11 is 3.37. The number of guanidine groups is 1. The second-order valence-corrected chi connectivity index (χ2v) is 7.88. The summed E-state index contributed by atoms with van der Waals surface area (Å²) in [5.74, 6) is 1.06. The van der Waals surface area contributed by atoms with Crippen molar-refractivity contribution in [3.8, 4) is 0 Å². The number of amides is 1. The molecule has 0 aliphatic carbocycles. The first kappa shape index (κ1) is 21.9. The molecule has 1 heterocycles. The Kier molecular flexibility index (Phi) is 8.04. The number of carbonyl (C=O) groups excluding carboxylic acids is 1. The van der Waals surface area contributed by atoms with Gasteiger partial charge in [0.1, 0.15) is 0 Å². The maximum absolute atomic E-state index is 12.1. The number of aliphatic imine (C=N–C) groups is 1. The highest BCUT2D eigenvalue weighted by Crippen LogP contribution is 2.18. The average molecular weight is 449 g/mol. The molecule has 2 rings (SSSR count). The van der Waals surface area contributed by atoms with Crippen LogP contribution in [0.4, 0.5) is 0 Å². The zero-order valence-electron chi connectivity index (χ0n) is 17.2. The molecule has 0 saturated carbocycles. The molecule has 8 heteroatoms. The van der Waals surface area contributed by atoms with Crippen molar-refractivity contribution in [2.24, 2.45) is 12.0 Å². The molecule has 0 spiro atoms. The van der Waals surface area contributed by atoms with Crippen molar-refractivity contribution in [2.75, 3.05) is 27.2 Å². The smallest absolute Gasteiger partial charge is 0.251 e. The van der Waals surface area contributed by atoms with Crippen molar-refractivity contribution in [1.29, 1.82) is 0 Å². The summed E-state index contributed by atoms with van der Waals surface area (Å²) in [5, 5.41) is 10.8. The average Bonchev–Trinajstić information content (AvgIpc) is 3.02. The van der Waals surface area contributed by atoms with Crippen LogP contribution < -0.4 is 10.6 Å². The molecule has 0 radical (unpaired) electrons. The lowest BCUT2D eigenvalue weighted by molar-refractivity contribution is 0.0954. The minimum absolute atomic E-state index is 0.0884. The lowest BCUT2D eigenvalue weighted by atomic mass is 10.1. The van der Waals surface area contributed by atoms with Crippen LogP contribution in [0, 0.1) is 0 Å². The number of hydrogen-bond acceptors (Lipinski definition) is 3. The zero-order chi connectivity index (χ0) is 20.7. The topological polar surface area (TPSA) is 74.6 Å². The van der Waals surface area contributed by atoms with E-state index in [1.54, 1.807) is 19.2 Å². The minimum Gasteiger partial charge on any atom is -0.354 e. The number of nitrogens with zero attached hydrogens (tertiary/aromatic N) is 4. The van der Waals surface area contributed by atoms with Crippen molar-refractivity contribution in [3.63, 3.8) is 0 Å². The summed E-state index contributed by atoms with van der Waals surface area (Å²) in [5.41, 5.74) is 2.93. The molecule has 1 aromatic heterocycles. The van der Waals surface area contributed by atoms with Gasteiger partial charge in [0.25, 0.3) is 5.91 Å². The van der Waals surface area contributed by atoms with E-state index in [1.807, 2.05) is 30.9 Å². The van der Waals surface area contributed by atoms with E-state index in [0.29, 0.717) is 31.1 Å². The van der Waals surface area contributed by atoms with E-state index in [0.717, 1.165) is 16.1 Å². The van der Waals surface area contributed by atoms with E-state index >= 15 is 0 Å². The molecule has 0 atom stereocenters. The molecule has 0 fully saturated rings. The fourth-order valence-electron chi connectivity index (χ4n) is 2.93. The molecule has 0 bridgehead atoms. The third kappa shape index (κ3) is 6.09. The van der Waals surface area contributed by atoms with Gasteiger partial charge in [0.2, 0.25) is 0 Å². The molecule has 0 unspecified atom stereocenters. The van der Waals surface area contributed by atoms with E-state index in [9.17, 15) is 4.79 Å². The lowest BCUT2D eigenvalue weighted by Crippen LogP contribution is -2.42. The van der Waals surface area contributed by atoms with Crippen LogP contribution in [0.3, 0.4) is 0 Å². The summed E-state index contributed by atoms with van der Waals surface area (Å²) in [6.07, 6.45) is 2.05. The Morgan fingerprint density at radius 2 is 1.89 bits per heavy atom. The number of carbonyl (C=O) groups is 1. The standard InChI is InChI=1S/C20H29BrN6O/c1-14(2)18-16(13-27(5)25-18)12-26(4)20(22-3)24-11-10-23-19(28)15-6-8-17(21)9-7-15/h6-9,13-14H,10-12H2,1-5H3,(H,22,24)(H,23,28). The van der Waals surface area contributed by atoms with Gasteiger partial charge in [0.05, 0.1) is 5.69 Å². The molecule has 28 heavy (non-hydrogen) atoms. The van der Waals surface area contributed by atoms with Gasteiger partial charge >= 0.3 is 0 Å². The second kappa shape index (κ2) is 10.3. The summed E-state index contributed by atoms with van der Waals surface area (Å²) < 4.78 is 2.80. The van der Waals surface area contributed by atoms with E-state index in [4.69, 9.17) is 0 Å². The molecule has 7 nitrogen and oxygen atoms in total. The molecule has 0 aliphatic heterocycles. The number of halogens is 1. The van der Waals surface area contributed by atoms with E-state index < -0.39 is 0 Å². The maximum atomic E-state index is 12.1. The summed E-state index contributed by atoms with van der Waals surface area (Å²) in [6.45, 7) is 6.10. The van der Waals surface area contributed by atoms with Gasteiger partial charge < -0.3 is 15.5 Å². The van der Waals surface area contributed by atoms with Crippen LogP contribution in [0.5, 0.6) is 0 Å². The quantitative estimate of drug-likeness (QED) is 0.387. The third-order valence-electron chi connectivity index (χ3n) is 4.26. The van der Waals surface area contributed by atoms with Crippen LogP contribution in [-0.2, 0) is 13.6 Å². The van der Waals surface area contributed by atoms with E-state index in [2.05, 4.69) is 61.6 Å². The van der Waals surface area contributed by atoms with Crippen LogP contribution >= 0.6 is 15.9 Å². The molecular formula is C20H29BrN6O. The number of hydrogen-bond donors (Lipinski definition) is 2. The lowest BCUT2D eigenvalue weighted by Gasteiger charge is -2.22. The predicted octanol–water partition coefficient (Wildman–Crippen LogP) is 2.74. The molecule has 2 N–H and O–H groups in total. The number of benzene rings is 1. The Hall–Kier alpha value is -2.35. The molecule has 1 amide bonds. The van der Waals surface area contributed by atoms with Gasteiger partial charge in [0, 0.05) is 62.6 Å². The monoisotopic (exact) mass is 448 g/mol. The van der Waals surface area contributed by atoms with Gasteiger partial charge in [-0.05, 0) is 30.2 Å². The van der Waals surface area contributed by atoms with Gasteiger partial charge in [-0.25, -0.2) is 0 Å². The van der Waals surface area contributed by atoms with Crippen molar-refractivity contribution in [3.05, 3.63) is 51.8 Å². The van der Waals surface area contributed by atoms with Crippen LogP contribution in [-0.4, -0.2) is 53.7 Å². The zero-order valence-corrected chi connectivity index (χ0v) is 18.7. The van der Waals surface area contributed by atoms with Crippen molar-refractivity contribution >= 4 is 27.8 Å². The maximum Gasteiger partial charge on any atom is 0.251 e. The van der Waals surface area contributed by atoms with Gasteiger partial charge in [-0.15, -0.1) is 0 Å². The first-order valence-corrected chi connectivity index (χ1v) is 10.1. The number of rotatable bonds is 7. The summed E-state index contributed by atoms with van der Waals surface area (Å²) in [7, 11) is 5.69. The highest BCUT2D eigenvalue weighted by atomic mass is 79.9. The van der Waals surface area contributed by atoms with Crippen molar-refractivity contribution in [1.82, 2.24) is 25.3 Å². The SMILES string of the molecule is CN=C(NCCNC(=O)c1ccc(Br)cc1)N(C)Cc1cn(C)nc1C(C)C. The molecule has 152 valence electrons. The first-order chi connectivity index (χ1) is 13.3. The van der Waals surface area contributed by atoms with Crippen LogP contribution in [0.1, 0.15) is 41.4 Å². The molecule has 0 saturated heterocycles. The molecule has 2 aromatic rings. The van der Waals surface area contributed by atoms with Crippen molar-refractivity contribution < 1.29 is 4.79 Å². The Morgan fingerprint density at radius 3 is 2.50 bits per heavy atom. The highest BCUT2D eigenvalue weighted by Gasteiger charge is 2.15. The van der Waals surface area contributed by atoms with Gasteiger partial charge in [-0.1, -0.05) is 29.8 Å². The fraction of sp³-hybridized carbons (Fsp3) is 0.450. The number of nitrogens with one attached hydrogen (secondary N) is 2. The van der Waals surface area contributed by atoms with Crippen LogP contribution in [0.15, 0.2) is 39.9 Å². The van der Waals surface area contributed by atoms with Gasteiger partial charge in [-0.3, -0.25) is 14.5 Å².